The summed E-state index contributed by atoms with van der Waals surface area (Å²) in [7, 11) is 1.25. The van der Waals surface area contributed by atoms with Crippen LogP contribution in [0.1, 0.15) is 13.8 Å². The molecule has 0 radical (unpaired) electrons. The van der Waals surface area contributed by atoms with E-state index in [0.29, 0.717) is 4.90 Å². The Morgan fingerprint density at radius 1 is 1.27 bits per heavy atom. The number of rotatable bonds is 7. The van der Waals surface area contributed by atoms with Gasteiger partial charge in [-0.05, 0) is 19.1 Å². The lowest BCUT2D eigenvalue weighted by atomic mass is 10.1. The molecule has 0 aliphatic heterocycles. The van der Waals surface area contributed by atoms with Gasteiger partial charge in [-0.1, -0.05) is 6.92 Å². The molecule has 1 aromatic carbocycles. The molecule has 0 saturated carbocycles. The Labute approximate surface area is 132 Å². The third kappa shape index (κ3) is 4.73. The molecule has 0 heterocycles. The number of hydrogen-bond acceptors (Lipinski definition) is 7. The summed E-state index contributed by atoms with van der Waals surface area (Å²) in [5, 5.41) is 9.84. The zero-order valence-electron chi connectivity index (χ0n) is 12.5. The van der Waals surface area contributed by atoms with E-state index >= 15 is 0 Å². The molecule has 0 aliphatic carbocycles. The van der Waals surface area contributed by atoms with Crippen LogP contribution in [0.2, 0.25) is 0 Å². The average Bonchev–Trinajstić information content (AvgIpc) is 2.51. The second-order valence-electron chi connectivity index (χ2n) is 4.35. The topological polar surface area (TPSA) is 95.7 Å². The lowest BCUT2D eigenvalue weighted by Gasteiger charge is -2.20. The Kier molecular flexibility index (Phi) is 6.84. The average molecular weight is 327 g/mol. The summed E-state index contributed by atoms with van der Waals surface area (Å²) >= 11 is 1.11. The van der Waals surface area contributed by atoms with Crippen LogP contribution in [0.15, 0.2) is 29.2 Å². The van der Waals surface area contributed by atoms with Crippen molar-refractivity contribution in [1.82, 2.24) is 0 Å². The van der Waals surface area contributed by atoms with Gasteiger partial charge in [-0.3, -0.25) is 19.7 Å². The van der Waals surface area contributed by atoms with Crippen molar-refractivity contribution in [3.8, 4) is 0 Å². The Bertz CT molecular complexity index is 545. The molecule has 120 valence electrons. The monoisotopic (exact) mass is 327 g/mol. The van der Waals surface area contributed by atoms with E-state index in [2.05, 4.69) is 4.74 Å². The van der Waals surface area contributed by atoms with Gasteiger partial charge in [-0.2, -0.15) is 0 Å². The van der Waals surface area contributed by atoms with Crippen molar-refractivity contribution in [3.63, 3.8) is 0 Å². The summed E-state index contributed by atoms with van der Waals surface area (Å²) in [4.78, 5) is 34.4. The van der Waals surface area contributed by atoms with Crippen LogP contribution in [0, 0.1) is 16.0 Å². The molecule has 0 unspecified atom stereocenters. The molecule has 0 bridgehead atoms. The first-order valence-electron chi connectivity index (χ1n) is 6.56. The van der Waals surface area contributed by atoms with Gasteiger partial charge in [-0.25, -0.2) is 0 Å². The van der Waals surface area contributed by atoms with Crippen molar-refractivity contribution in [2.75, 3.05) is 13.7 Å². The van der Waals surface area contributed by atoms with Gasteiger partial charge in [0.1, 0.15) is 5.25 Å². The highest BCUT2D eigenvalue weighted by atomic mass is 32.2. The molecular weight excluding hydrogens is 310 g/mol. The molecule has 0 aromatic heterocycles. The van der Waals surface area contributed by atoms with Crippen LogP contribution < -0.4 is 0 Å². The van der Waals surface area contributed by atoms with Gasteiger partial charge in [0.2, 0.25) is 0 Å². The van der Waals surface area contributed by atoms with Crippen LogP contribution in [0.4, 0.5) is 5.69 Å². The number of nitro benzene ring substituents is 1. The Morgan fingerprint density at radius 2 is 1.86 bits per heavy atom. The van der Waals surface area contributed by atoms with Crippen molar-refractivity contribution in [3.05, 3.63) is 34.4 Å². The number of esters is 2. The molecule has 1 rings (SSSR count). The van der Waals surface area contributed by atoms with Gasteiger partial charge < -0.3 is 9.47 Å². The van der Waals surface area contributed by atoms with Crippen LogP contribution in [0.3, 0.4) is 0 Å². The third-order valence-electron chi connectivity index (χ3n) is 2.86. The molecule has 0 amide bonds. The highest BCUT2D eigenvalue weighted by molar-refractivity contribution is 8.00. The maximum atomic E-state index is 12.0. The summed E-state index contributed by atoms with van der Waals surface area (Å²) in [5.74, 6) is -1.75. The Hall–Kier alpha value is -2.09. The van der Waals surface area contributed by atoms with Crippen molar-refractivity contribution in [2.24, 2.45) is 5.92 Å². The molecule has 7 nitrogen and oxygen atoms in total. The fourth-order valence-corrected chi connectivity index (χ4v) is 2.75. The van der Waals surface area contributed by atoms with E-state index < -0.39 is 28.0 Å². The smallest absolute Gasteiger partial charge is 0.320 e. The number of hydrogen-bond donors (Lipinski definition) is 0. The fraction of sp³-hybridized carbons (Fsp3) is 0.429. The zero-order valence-corrected chi connectivity index (χ0v) is 13.3. The predicted molar refractivity (Wildman–Crippen MR) is 80.6 cm³/mol. The molecule has 0 aliphatic rings. The minimum absolute atomic E-state index is 0.0435. The van der Waals surface area contributed by atoms with Gasteiger partial charge in [0, 0.05) is 17.0 Å². The van der Waals surface area contributed by atoms with Crippen LogP contribution in [0.5, 0.6) is 0 Å². The van der Waals surface area contributed by atoms with E-state index in [1.165, 1.54) is 31.4 Å². The first-order valence-corrected chi connectivity index (χ1v) is 7.44. The molecule has 2 atom stereocenters. The number of nitro groups is 1. The number of methoxy groups -OCH3 is 1. The van der Waals surface area contributed by atoms with E-state index in [1.807, 2.05) is 0 Å². The van der Waals surface area contributed by atoms with Gasteiger partial charge >= 0.3 is 11.9 Å². The van der Waals surface area contributed by atoms with Gasteiger partial charge in [0.25, 0.3) is 5.69 Å². The van der Waals surface area contributed by atoms with Crippen molar-refractivity contribution in [2.45, 2.75) is 24.0 Å². The summed E-state index contributed by atoms with van der Waals surface area (Å²) in [6, 6.07) is 5.73. The maximum absolute atomic E-state index is 12.0. The van der Waals surface area contributed by atoms with E-state index in [1.54, 1.807) is 13.8 Å². The number of non-ortho nitro benzene ring substituents is 1. The van der Waals surface area contributed by atoms with Crippen LogP contribution in [-0.2, 0) is 19.1 Å². The molecule has 8 heteroatoms. The lowest BCUT2D eigenvalue weighted by Crippen LogP contribution is -2.32. The minimum atomic E-state index is -0.783. The maximum Gasteiger partial charge on any atom is 0.320 e. The molecule has 0 saturated heterocycles. The van der Waals surface area contributed by atoms with E-state index in [4.69, 9.17) is 4.74 Å². The number of carbonyl (C=O) groups is 2. The number of benzene rings is 1. The largest absolute Gasteiger partial charge is 0.469 e. The molecule has 0 fully saturated rings. The quantitative estimate of drug-likeness (QED) is 0.328. The summed E-state index contributed by atoms with van der Waals surface area (Å²) in [6.07, 6.45) is 0. The van der Waals surface area contributed by atoms with E-state index in [9.17, 15) is 19.7 Å². The van der Waals surface area contributed by atoms with Gasteiger partial charge in [0.05, 0.1) is 24.6 Å². The first kappa shape index (κ1) is 18.0. The van der Waals surface area contributed by atoms with E-state index in [-0.39, 0.29) is 12.3 Å². The fourth-order valence-electron chi connectivity index (χ4n) is 1.68. The molecule has 0 spiro atoms. The Balaban J connectivity index is 2.94. The zero-order chi connectivity index (χ0) is 16.7. The Morgan fingerprint density at radius 3 is 2.32 bits per heavy atom. The second kappa shape index (κ2) is 8.38. The highest BCUT2D eigenvalue weighted by Gasteiger charge is 2.33. The lowest BCUT2D eigenvalue weighted by molar-refractivity contribution is -0.384. The third-order valence-corrected chi connectivity index (χ3v) is 4.26. The second-order valence-corrected chi connectivity index (χ2v) is 5.57. The first-order chi connectivity index (χ1) is 10.4. The van der Waals surface area contributed by atoms with Gasteiger partial charge in [-0.15, -0.1) is 11.8 Å². The van der Waals surface area contributed by atoms with Crippen molar-refractivity contribution in [1.29, 1.82) is 0 Å². The number of thioether (sulfide) groups is 1. The van der Waals surface area contributed by atoms with Crippen LogP contribution >= 0.6 is 11.8 Å². The summed E-state index contributed by atoms with van der Waals surface area (Å²) in [5.41, 5.74) is -0.0435. The molecule has 0 N–H and O–H groups in total. The van der Waals surface area contributed by atoms with Crippen LogP contribution in [-0.4, -0.2) is 35.8 Å². The van der Waals surface area contributed by atoms with Crippen molar-refractivity contribution < 1.29 is 24.0 Å². The summed E-state index contributed by atoms with van der Waals surface area (Å²) in [6.45, 7) is 3.45. The number of nitrogens with zero attached hydrogens (tertiary/aromatic N) is 1. The molecule has 22 heavy (non-hydrogen) atoms. The summed E-state index contributed by atoms with van der Waals surface area (Å²) < 4.78 is 9.64. The van der Waals surface area contributed by atoms with E-state index in [0.717, 1.165) is 11.8 Å². The minimum Gasteiger partial charge on any atom is -0.469 e. The molecule has 1 aromatic rings. The van der Waals surface area contributed by atoms with Gasteiger partial charge in [0.15, 0.2) is 0 Å². The number of ether oxygens (including phenoxy) is 2. The number of carbonyl (C=O) groups excluding carboxylic acids is 2. The SMILES string of the molecule is CCOC(=O)[C@H](Sc1ccc([N+](=O)[O-])cc1)[C@@H](C)C(=O)OC. The molecular formula is C14H17NO6S. The normalized spacial score (nSPS) is 13.0. The standard InChI is InChI=1S/C14H17NO6S/c1-4-21-14(17)12(9(2)13(16)20-3)22-11-7-5-10(6-8-11)15(18)19/h5-9,12H,4H2,1-3H3/t9-,12-/m1/s1. The van der Waals surface area contributed by atoms with Crippen LogP contribution in [0.25, 0.3) is 0 Å². The highest BCUT2D eigenvalue weighted by Crippen LogP contribution is 2.31. The predicted octanol–water partition coefficient (Wildman–Crippen LogP) is 2.43. The van der Waals surface area contributed by atoms with Crippen molar-refractivity contribution >= 4 is 29.4 Å².